The molecule has 0 atom stereocenters. The van der Waals surface area contributed by atoms with E-state index in [9.17, 15) is 0 Å². The number of halogens is 1. The lowest BCUT2D eigenvalue weighted by atomic mass is 11.9. The fourth-order valence-corrected chi connectivity index (χ4v) is 0. The molecule has 52 valence electrons. The molecule has 0 saturated carbocycles. The molecule has 0 aliphatic rings. The van der Waals surface area contributed by atoms with Crippen LogP contribution in [0.25, 0.3) is 0 Å². The summed E-state index contributed by atoms with van der Waals surface area (Å²) in [6, 6.07) is 0. The quantitative estimate of drug-likeness (QED) is 0.318. The molecule has 0 aromatic carbocycles. The molecule has 0 saturated heterocycles. The second kappa shape index (κ2) is 7.96. The molecule has 0 spiro atoms. The molecule has 0 radical (unpaired) electrons. The van der Waals surface area contributed by atoms with Gasteiger partial charge >= 0.3 is 0 Å². The van der Waals surface area contributed by atoms with Crippen molar-refractivity contribution in [3.63, 3.8) is 0 Å². The zero-order valence-electron chi connectivity index (χ0n) is 5.01. The van der Waals surface area contributed by atoms with Crippen LogP contribution in [0, 0.1) is 0 Å². The standard InChI is InChI=1S/C3H9S.IO3/c1-4(2)3;2-1(3)4/h1-3H3;/q+1;-1. The third-order valence-electron chi connectivity index (χ3n) is 0. The molecular formula is C3H9IO3S. The van der Waals surface area contributed by atoms with E-state index in [1.165, 1.54) is 0 Å². The van der Waals surface area contributed by atoms with Crippen LogP contribution in [0.2, 0.25) is 0 Å². The van der Waals surface area contributed by atoms with Gasteiger partial charge in [0.25, 0.3) is 21.1 Å². The van der Waals surface area contributed by atoms with E-state index in [-0.39, 0.29) is 0 Å². The Labute approximate surface area is 61.1 Å². The van der Waals surface area contributed by atoms with E-state index >= 15 is 0 Å². The molecule has 5 heteroatoms. The minimum absolute atomic E-state index is 0.639. The van der Waals surface area contributed by atoms with Gasteiger partial charge in [-0.3, -0.25) is 0 Å². The van der Waals surface area contributed by atoms with Crippen LogP contribution in [0.4, 0.5) is 0 Å². The second-order valence-electron chi connectivity index (χ2n) is 1.41. The van der Waals surface area contributed by atoms with Gasteiger partial charge < -0.3 is 10.3 Å². The van der Waals surface area contributed by atoms with Gasteiger partial charge in [-0.15, -0.1) is 0 Å². The normalized spacial score (nSPS) is 9.00. The highest BCUT2D eigenvalue weighted by Crippen LogP contribution is 1.63. The molecule has 0 bridgehead atoms. The summed E-state index contributed by atoms with van der Waals surface area (Å²) in [5, 5.41) is 0. The molecule has 0 aromatic rings. The first-order valence-electron chi connectivity index (χ1n) is 1.69. The lowest BCUT2D eigenvalue weighted by Crippen LogP contribution is -4.05. The number of hydrogen-bond acceptors (Lipinski definition) is 3. The van der Waals surface area contributed by atoms with E-state index in [2.05, 4.69) is 18.8 Å². The van der Waals surface area contributed by atoms with Crippen LogP contribution in [0.3, 0.4) is 0 Å². The third-order valence-corrected chi connectivity index (χ3v) is 0. The molecule has 8 heavy (non-hydrogen) atoms. The first-order valence-corrected chi connectivity index (χ1v) is 6.78. The van der Waals surface area contributed by atoms with Gasteiger partial charge in [0.15, 0.2) is 0 Å². The van der Waals surface area contributed by atoms with Gasteiger partial charge in [0.05, 0.1) is 18.8 Å². The summed E-state index contributed by atoms with van der Waals surface area (Å²) in [4.78, 5) is 0. The second-order valence-corrected chi connectivity index (χ2v) is 4.94. The van der Waals surface area contributed by atoms with Crippen molar-refractivity contribution in [1.29, 1.82) is 0 Å². The maximum atomic E-state index is 8.57. The average molecular weight is 252 g/mol. The van der Waals surface area contributed by atoms with Crippen molar-refractivity contribution in [2.45, 2.75) is 0 Å². The highest BCUT2D eigenvalue weighted by Gasteiger charge is 1.77. The zero-order valence-corrected chi connectivity index (χ0v) is 7.98. The van der Waals surface area contributed by atoms with E-state index in [1.54, 1.807) is 0 Å². The lowest BCUT2D eigenvalue weighted by molar-refractivity contribution is -1.73. The third kappa shape index (κ3) is 268. The van der Waals surface area contributed by atoms with Gasteiger partial charge in [0, 0.05) is 0 Å². The largest absolute Gasteiger partial charge is 0.427 e. The molecule has 0 N–H and O–H groups in total. The summed E-state index contributed by atoms with van der Waals surface area (Å²) in [7, 11) is 0.639. The summed E-state index contributed by atoms with van der Waals surface area (Å²) in [5.41, 5.74) is 0. The Morgan fingerprint density at radius 1 is 1.00 bits per heavy atom. The van der Waals surface area contributed by atoms with Crippen LogP contribution >= 0.6 is 0 Å². The highest BCUT2D eigenvalue weighted by molar-refractivity contribution is 7.94. The van der Waals surface area contributed by atoms with Crippen molar-refractivity contribution in [1.82, 2.24) is 0 Å². The minimum atomic E-state index is -4.01. The lowest BCUT2D eigenvalue weighted by Gasteiger charge is -1.84. The van der Waals surface area contributed by atoms with Crippen LogP contribution in [0.15, 0.2) is 0 Å². The molecule has 0 aromatic heterocycles. The summed E-state index contributed by atoms with van der Waals surface area (Å²) < 4.78 is 25.7. The van der Waals surface area contributed by atoms with E-state index < -0.39 is 21.1 Å². The summed E-state index contributed by atoms with van der Waals surface area (Å²) in [6.07, 6.45) is 6.58. The van der Waals surface area contributed by atoms with Gasteiger partial charge in [-0.1, -0.05) is 0 Å². The predicted molar refractivity (Wildman–Crippen MR) is 25.1 cm³/mol. The molecule has 0 amide bonds. The van der Waals surface area contributed by atoms with Crippen LogP contribution in [-0.4, -0.2) is 18.8 Å². The highest BCUT2D eigenvalue weighted by atomic mass is 127. The molecular weight excluding hydrogens is 243 g/mol. The van der Waals surface area contributed by atoms with Gasteiger partial charge in [0.2, 0.25) is 0 Å². The summed E-state index contributed by atoms with van der Waals surface area (Å²) in [5.74, 6) is 0. The zero-order chi connectivity index (χ0) is 7.15. The average Bonchev–Trinajstić information content (AvgIpc) is 1.25. The van der Waals surface area contributed by atoms with Gasteiger partial charge in [-0.05, 0) is 10.9 Å². The maximum Gasteiger partial charge on any atom is 0.282 e. The van der Waals surface area contributed by atoms with Crippen LogP contribution in [0.1, 0.15) is 0 Å². The molecule has 0 aliphatic heterocycles. The molecule has 0 aliphatic carbocycles. The van der Waals surface area contributed by atoms with Gasteiger partial charge in [-0.2, -0.15) is 0 Å². The van der Waals surface area contributed by atoms with Crippen molar-refractivity contribution in [2.75, 3.05) is 18.8 Å². The topological polar surface area (TPSA) is 69.2 Å². The van der Waals surface area contributed by atoms with E-state index in [0.29, 0.717) is 10.9 Å². The monoisotopic (exact) mass is 252 g/mol. The molecule has 0 fully saturated rings. The predicted octanol–water partition coefficient (Wildman–Crippen LogP) is -6.07. The Morgan fingerprint density at radius 2 is 1.00 bits per heavy atom. The number of hydrogen-bond donors (Lipinski definition) is 0. The first kappa shape index (κ1) is 11.7. The van der Waals surface area contributed by atoms with E-state index in [0.717, 1.165) is 0 Å². The van der Waals surface area contributed by atoms with Gasteiger partial charge in [-0.25, -0.2) is 0 Å². The van der Waals surface area contributed by atoms with Crippen molar-refractivity contribution in [3.8, 4) is 0 Å². The Balaban J connectivity index is 0. The van der Waals surface area contributed by atoms with E-state index in [1.807, 2.05) is 0 Å². The minimum Gasteiger partial charge on any atom is -0.427 e. The molecule has 0 heterocycles. The smallest absolute Gasteiger partial charge is 0.282 e. The summed E-state index contributed by atoms with van der Waals surface area (Å²) >= 11 is -4.01. The Hall–Kier alpha value is 0.960. The van der Waals surface area contributed by atoms with E-state index in [4.69, 9.17) is 10.3 Å². The fraction of sp³-hybridized carbons (Fsp3) is 1.00. The van der Waals surface area contributed by atoms with Crippen LogP contribution < -0.4 is 31.4 Å². The Kier molecular flexibility index (Phi) is 11.7. The number of rotatable bonds is 0. The first-order chi connectivity index (χ1) is 3.46. The van der Waals surface area contributed by atoms with Crippen LogP contribution in [-0.2, 0) is 10.9 Å². The fourth-order valence-electron chi connectivity index (χ4n) is 0. The Bertz CT molecular complexity index is 30.0. The van der Waals surface area contributed by atoms with Crippen molar-refractivity contribution in [2.24, 2.45) is 0 Å². The van der Waals surface area contributed by atoms with Crippen molar-refractivity contribution in [3.05, 3.63) is 0 Å². The molecule has 0 unspecified atom stereocenters. The SMILES string of the molecule is C[S+](C)C.[O-][I+2]([O-])[O-]. The van der Waals surface area contributed by atoms with Crippen molar-refractivity contribution < 1.29 is 31.4 Å². The van der Waals surface area contributed by atoms with Crippen LogP contribution in [0.5, 0.6) is 0 Å². The summed E-state index contributed by atoms with van der Waals surface area (Å²) in [6.45, 7) is 0. The maximum absolute atomic E-state index is 8.57. The Morgan fingerprint density at radius 3 is 1.00 bits per heavy atom. The van der Waals surface area contributed by atoms with Crippen molar-refractivity contribution >= 4 is 10.9 Å². The molecule has 3 nitrogen and oxygen atoms in total. The molecule has 0 rings (SSSR count). The van der Waals surface area contributed by atoms with Gasteiger partial charge in [0.1, 0.15) is 0 Å².